The van der Waals surface area contributed by atoms with Crippen molar-refractivity contribution in [3.63, 3.8) is 0 Å². The Bertz CT molecular complexity index is 1500. The summed E-state index contributed by atoms with van der Waals surface area (Å²) in [6.07, 6.45) is 7.81. The number of nitrogens with zero attached hydrogens (tertiary/aromatic N) is 2. The quantitative estimate of drug-likeness (QED) is 0.388. The summed E-state index contributed by atoms with van der Waals surface area (Å²) in [6.45, 7) is 0.980. The first-order valence-electron chi connectivity index (χ1n) is 13.4. The number of halogens is 2. The molecular weight excluding hydrogens is 571 g/mol. The average molecular weight is 604 g/mol. The first-order chi connectivity index (χ1) is 19.1. The second-order valence-electron chi connectivity index (χ2n) is 10.4. The van der Waals surface area contributed by atoms with Gasteiger partial charge >= 0.3 is 0 Å². The number of carbonyl (C=O) groups is 2. The van der Waals surface area contributed by atoms with Crippen molar-refractivity contribution in [3.8, 4) is 0 Å². The molecule has 40 heavy (non-hydrogen) atoms. The van der Waals surface area contributed by atoms with Crippen LogP contribution >= 0.6 is 23.2 Å². The molecule has 212 valence electrons. The molecule has 5 rings (SSSR count). The minimum absolute atomic E-state index is 0.239. The first kappa shape index (κ1) is 28.7. The number of rotatable bonds is 8. The third-order valence-corrected chi connectivity index (χ3v) is 9.02. The van der Waals surface area contributed by atoms with Crippen molar-refractivity contribution in [3.05, 3.63) is 93.7 Å². The Kier molecular flexibility index (Phi) is 8.56. The van der Waals surface area contributed by atoms with Crippen molar-refractivity contribution in [1.29, 1.82) is 0 Å². The number of sulfonamides is 1. The van der Waals surface area contributed by atoms with Gasteiger partial charge in [0.1, 0.15) is 0 Å². The minimum atomic E-state index is -3.55. The fourth-order valence-electron chi connectivity index (χ4n) is 6.07. The van der Waals surface area contributed by atoms with Gasteiger partial charge in [0, 0.05) is 53.2 Å². The van der Waals surface area contributed by atoms with Crippen molar-refractivity contribution < 1.29 is 18.0 Å². The predicted molar refractivity (Wildman–Crippen MR) is 156 cm³/mol. The smallest absolute Gasteiger partial charge is 0.255 e. The molecule has 4 atom stereocenters. The zero-order chi connectivity index (χ0) is 28.4. The Hall–Kier alpha value is -2.85. The highest BCUT2D eigenvalue weighted by molar-refractivity contribution is 7.88. The van der Waals surface area contributed by atoms with Gasteiger partial charge in [-0.2, -0.15) is 0 Å². The van der Waals surface area contributed by atoms with Gasteiger partial charge in [0.25, 0.3) is 5.91 Å². The van der Waals surface area contributed by atoms with Gasteiger partial charge in [-0.1, -0.05) is 60.3 Å². The van der Waals surface area contributed by atoms with Gasteiger partial charge in [0.2, 0.25) is 15.9 Å². The number of hydrogen-bond donors (Lipinski definition) is 2. The van der Waals surface area contributed by atoms with Crippen molar-refractivity contribution >= 4 is 45.0 Å². The van der Waals surface area contributed by atoms with Crippen molar-refractivity contribution in [2.45, 2.75) is 56.3 Å². The molecule has 3 aromatic rings. The van der Waals surface area contributed by atoms with Gasteiger partial charge in [-0.15, -0.1) is 0 Å². The summed E-state index contributed by atoms with van der Waals surface area (Å²) in [5.74, 6) is -1.27. The number of amides is 2. The highest BCUT2D eigenvalue weighted by Crippen LogP contribution is 2.47. The van der Waals surface area contributed by atoms with E-state index < -0.39 is 34.1 Å². The predicted octanol–water partition coefficient (Wildman–Crippen LogP) is 4.75. The fraction of sp³-hybridized carbons (Fsp3) is 0.379. The second kappa shape index (κ2) is 11.9. The molecule has 1 aromatic heterocycles. The molecule has 1 aliphatic heterocycles. The molecule has 8 nitrogen and oxygen atoms in total. The summed E-state index contributed by atoms with van der Waals surface area (Å²) < 4.78 is 29.4. The molecule has 0 saturated heterocycles. The molecule has 1 saturated carbocycles. The molecule has 2 aromatic carbocycles. The van der Waals surface area contributed by atoms with E-state index in [4.69, 9.17) is 23.2 Å². The highest BCUT2D eigenvalue weighted by Gasteiger charge is 2.49. The zero-order valence-electron chi connectivity index (χ0n) is 22.1. The molecule has 2 heterocycles. The molecule has 0 spiro atoms. The Morgan fingerprint density at radius 1 is 1.00 bits per heavy atom. The second-order valence-corrected chi connectivity index (χ2v) is 13.1. The van der Waals surface area contributed by atoms with E-state index in [-0.39, 0.29) is 11.8 Å². The zero-order valence-corrected chi connectivity index (χ0v) is 24.4. The van der Waals surface area contributed by atoms with Gasteiger partial charge in [0.15, 0.2) is 0 Å². The van der Waals surface area contributed by atoms with E-state index in [9.17, 15) is 18.0 Å². The molecular formula is C29H32Cl2N4O4S. The molecule has 0 bridgehead atoms. The van der Waals surface area contributed by atoms with Crippen molar-refractivity contribution in [2.24, 2.45) is 0 Å². The van der Waals surface area contributed by atoms with Crippen LogP contribution in [0.1, 0.15) is 59.1 Å². The Morgan fingerprint density at radius 3 is 2.45 bits per heavy atom. The molecule has 0 radical (unpaired) electrons. The fourth-order valence-corrected chi connectivity index (χ4v) is 7.41. The first-order valence-corrected chi connectivity index (χ1v) is 16.0. The van der Waals surface area contributed by atoms with Crippen LogP contribution in [0, 0.1) is 0 Å². The van der Waals surface area contributed by atoms with Crippen LogP contribution in [0.3, 0.4) is 0 Å². The largest absolute Gasteiger partial charge is 0.354 e. The number of aromatic nitrogens is 1. The van der Waals surface area contributed by atoms with Crippen LogP contribution < -0.4 is 10.0 Å². The topological polar surface area (TPSA) is 101 Å². The lowest BCUT2D eigenvalue weighted by atomic mass is 9.76. The number of nitrogens with one attached hydrogen (secondary N) is 2. The molecule has 2 amide bonds. The van der Waals surface area contributed by atoms with E-state index in [1.165, 1.54) is 0 Å². The van der Waals surface area contributed by atoms with E-state index in [1.807, 2.05) is 41.2 Å². The van der Waals surface area contributed by atoms with Gasteiger partial charge in [-0.3, -0.25) is 9.59 Å². The van der Waals surface area contributed by atoms with Gasteiger partial charge < -0.3 is 14.8 Å². The van der Waals surface area contributed by atoms with Crippen LogP contribution in [0.4, 0.5) is 0 Å². The van der Waals surface area contributed by atoms with E-state index in [1.54, 1.807) is 35.2 Å². The van der Waals surface area contributed by atoms with Crippen LogP contribution in [0.15, 0.2) is 67.0 Å². The number of hydrogen-bond acceptors (Lipinski definition) is 4. The molecule has 1 aliphatic carbocycles. The average Bonchev–Trinajstić information content (AvgIpc) is 3.42. The minimum Gasteiger partial charge on any atom is -0.354 e. The maximum atomic E-state index is 14.3. The summed E-state index contributed by atoms with van der Waals surface area (Å²) in [5, 5.41) is 3.84. The van der Waals surface area contributed by atoms with Gasteiger partial charge in [-0.05, 0) is 54.3 Å². The maximum Gasteiger partial charge on any atom is 0.255 e. The maximum absolute atomic E-state index is 14.3. The summed E-state index contributed by atoms with van der Waals surface area (Å²) in [5.41, 5.74) is 1.63. The molecule has 2 N–H and O–H groups in total. The highest BCUT2D eigenvalue weighted by atomic mass is 35.5. The molecule has 0 unspecified atom stereocenters. The Morgan fingerprint density at radius 2 is 1.73 bits per heavy atom. The van der Waals surface area contributed by atoms with E-state index >= 15 is 0 Å². The lowest BCUT2D eigenvalue weighted by Gasteiger charge is -2.49. The third kappa shape index (κ3) is 6.07. The lowest BCUT2D eigenvalue weighted by Crippen LogP contribution is -2.59. The Labute approximate surface area is 244 Å². The van der Waals surface area contributed by atoms with Gasteiger partial charge in [0.05, 0.1) is 18.2 Å². The SMILES string of the molecule is CS(=O)(=O)N[C@H]1CCCC[C@@H]1N1C(=O)c2ccccc2[C@@H](C(=O)NCCn2cccc2)[C@@H]1c1ccc(Cl)cc1Cl. The number of benzene rings is 2. The molecule has 11 heteroatoms. The normalized spacial score (nSPS) is 23.1. The monoisotopic (exact) mass is 602 g/mol. The van der Waals surface area contributed by atoms with E-state index in [2.05, 4.69) is 10.0 Å². The Balaban J connectivity index is 1.61. The molecule has 1 fully saturated rings. The summed E-state index contributed by atoms with van der Waals surface area (Å²) >= 11 is 13.0. The van der Waals surface area contributed by atoms with Crippen LogP contribution in [0.5, 0.6) is 0 Å². The lowest BCUT2D eigenvalue weighted by molar-refractivity contribution is -0.124. The standard InChI is InChI=1S/C29H32Cl2N4O4S/c1-40(38,39)33-24-10-4-5-11-25(24)35-27(22-13-12-19(30)18-23(22)31)26(20-8-2-3-9-21(20)29(35)37)28(36)32-14-17-34-15-6-7-16-34/h2-3,6-9,12-13,15-16,18,24-27,33H,4-5,10-11,14,17H2,1H3,(H,32,36)/t24-,25-,26+,27-/m0/s1. The van der Waals surface area contributed by atoms with E-state index in [0.29, 0.717) is 52.7 Å². The molecule has 2 aliphatic rings. The van der Waals surface area contributed by atoms with Crippen LogP contribution in [-0.2, 0) is 21.4 Å². The third-order valence-electron chi connectivity index (χ3n) is 7.73. The number of fused-ring (bicyclic) bond motifs is 1. The summed E-state index contributed by atoms with van der Waals surface area (Å²) in [6, 6.07) is 14.3. The number of carbonyl (C=O) groups excluding carboxylic acids is 2. The van der Waals surface area contributed by atoms with E-state index in [0.717, 1.165) is 19.1 Å². The van der Waals surface area contributed by atoms with Crippen LogP contribution in [-0.4, -0.2) is 54.6 Å². The van der Waals surface area contributed by atoms with Crippen molar-refractivity contribution in [1.82, 2.24) is 19.5 Å². The summed E-state index contributed by atoms with van der Waals surface area (Å²) in [4.78, 5) is 30.0. The van der Waals surface area contributed by atoms with Crippen LogP contribution in [0.2, 0.25) is 10.0 Å². The van der Waals surface area contributed by atoms with Gasteiger partial charge in [-0.25, -0.2) is 13.1 Å². The van der Waals surface area contributed by atoms with Crippen molar-refractivity contribution in [2.75, 3.05) is 12.8 Å². The summed E-state index contributed by atoms with van der Waals surface area (Å²) in [7, 11) is -3.55. The van der Waals surface area contributed by atoms with Crippen LogP contribution in [0.25, 0.3) is 0 Å².